The van der Waals surface area contributed by atoms with Crippen molar-refractivity contribution in [3.05, 3.63) is 53.9 Å². The van der Waals surface area contributed by atoms with E-state index in [4.69, 9.17) is 0 Å². The molecule has 1 N–H and O–H groups in total. The lowest BCUT2D eigenvalue weighted by Gasteiger charge is -2.13. The second kappa shape index (κ2) is 8.31. The van der Waals surface area contributed by atoms with Gasteiger partial charge < -0.3 is 9.88 Å². The number of anilines is 1. The number of aromatic nitrogens is 2. The van der Waals surface area contributed by atoms with Crippen LogP contribution in [0.1, 0.15) is 17.8 Å². The van der Waals surface area contributed by atoms with E-state index >= 15 is 0 Å². The predicted octanol–water partition coefficient (Wildman–Crippen LogP) is 3.64. The molecule has 2 aromatic carbocycles. The Morgan fingerprint density at radius 3 is 2.48 bits per heavy atom. The molecular formula is C20H21F3N4O3S. The molecule has 7 nitrogen and oxygen atoms in total. The summed E-state index contributed by atoms with van der Waals surface area (Å²) >= 11 is 0. The number of aryl methyl sites for hydroxylation is 2. The lowest BCUT2D eigenvalue weighted by molar-refractivity contribution is -0.147. The summed E-state index contributed by atoms with van der Waals surface area (Å²) in [6, 6.07) is 10.6. The number of carbonyl (C=O) groups excluding carboxylic acids is 1. The predicted molar refractivity (Wildman–Crippen MR) is 110 cm³/mol. The van der Waals surface area contributed by atoms with Crippen molar-refractivity contribution in [3.8, 4) is 0 Å². The second-order valence-corrected chi connectivity index (χ2v) is 9.34. The molecule has 0 unspecified atom stereocenters. The van der Waals surface area contributed by atoms with E-state index in [2.05, 4.69) is 10.3 Å². The number of rotatable bonds is 6. The molecule has 31 heavy (non-hydrogen) atoms. The smallest absolute Gasteiger partial charge is 0.326 e. The summed E-state index contributed by atoms with van der Waals surface area (Å²) in [5.74, 6) is -1.64. The number of imidazole rings is 1. The molecule has 0 spiro atoms. The fourth-order valence-electron chi connectivity index (χ4n) is 3.08. The molecule has 0 saturated heterocycles. The number of halogens is 3. The normalized spacial score (nSPS) is 12.5. The Kier molecular flexibility index (Phi) is 6.10. The van der Waals surface area contributed by atoms with Gasteiger partial charge in [-0.05, 0) is 42.8 Å². The third kappa shape index (κ3) is 4.88. The second-order valence-electron chi connectivity index (χ2n) is 7.19. The average molecular weight is 454 g/mol. The van der Waals surface area contributed by atoms with Crippen LogP contribution in [0.5, 0.6) is 0 Å². The maximum absolute atomic E-state index is 13.6. The zero-order valence-electron chi connectivity index (χ0n) is 17.1. The van der Waals surface area contributed by atoms with Gasteiger partial charge in [0.05, 0.1) is 15.9 Å². The van der Waals surface area contributed by atoms with E-state index in [1.807, 2.05) is 13.0 Å². The first-order valence-corrected chi connectivity index (χ1v) is 10.7. The van der Waals surface area contributed by atoms with Gasteiger partial charge in [0.15, 0.2) is 0 Å². The molecule has 3 aromatic rings. The Morgan fingerprint density at radius 2 is 1.87 bits per heavy atom. The van der Waals surface area contributed by atoms with Gasteiger partial charge in [0.2, 0.25) is 21.8 Å². The zero-order chi connectivity index (χ0) is 23.0. The monoisotopic (exact) mass is 454 g/mol. The van der Waals surface area contributed by atoms with E-state index in [0.29, 0.717) is 5.69 Å². The quantitative estimate of drug-likeness (QED) is 0.616. The van der Waals surface area contributed by atoms with Crippen molar-refractivity contribution in [2.75, 3.05) is 19.4 Å². The largest absolute Gasteiger partial charge is 0.449 e. The fourth-order valence-corrected chi connectivity index (χ4v) is 4.01. The Labute approximate surface area is 177 Å². The van der Waals surface area contributed by atoms with Crippen LogP contribution in [0.25, 0.3) is 11.0 Å². The molecule has 0 radical (unpaired) electrons. The van der Waals surface area contributed by atoms with Crippen molar-refractivity contribution in [1.29, 1.82) is 0 Å². The van der Waals surface area contributed by atoms with E-state index < -0.39 is 27.9 Å². The maximum Gasteiger partial charge on any atom is 0.449 e. The molecule has 11 heteroatoms. The van der Waals surface area contributed by atoms with E-state index in [0.717, 1.165) is 20.5 Å². The molecule has 0 aliphatic heterocycles. The molecule has 0 bridgehead atoms. The highest BCUT2D eigenvalue weighted by Crippen LogP contribution is 2.32. The Morgan fingerprint density at radius 1 is 1.16 bits per heavy atom. The van der Waals surface area contributed by atoms with Crippen LogP contribution in [0.15, 0.2) is 47.4 Å². The lowest BCUT2D eigenvalue weighted by Crippen LogP contribution is -2.22. The lowest BCUT2D eigenvalue weighted by atomic mass is 10.2. The van der Waals surface area contributed by atoms with Crippen molar-refractivity contribution >= 4 is 32.7 Å². The van der Waals surface area contributed by atoms with Crippen LogP contribution < -0.4 is 5.32 Å². The van der Waals surface area contributed by atoms with Gasteiger partial charge in [-0.1, -0.05) is 12.1 Å². The van der Waals surface area contributed by atoms with Crippen LogP contribution in [0.3, 0.4) is 0 Å². The first kappa shape index (κ1) is 22.8. The van der Waals surface area contributed by atoms with Crippen LogP contribution in [0.2, 0.25) is 0 Å². The molecule has 1 heterocycles. The van der Waals surface area contributed by atoms with Gasteiger partial charge in [0, 0.05) is 32.7 Å². The molecule has 0 aliphatic rings. The summed E-state index contributed by atoms with van der Waals surface area (Å²) in [4.78, 5) is 15.7. The average Bonchev–Trinajstić information content (AvgIpc) is 3.04. The Hall–Kier alpha value is -2.92. The highest BCUT2D eigenvalue weighted by Gasteiger charge is 2.38. The van der Waals surface area contributed by atoms with Gasteiger partial charge in [-0.2, -0.15) is 13.2 Å². The third-order valence-corrected chi connectivity index (χ3v) is 6.43. The van der Waals surface area contributed by atoms with Crippen molar-refractivity contribution in [1.82, 2.24) is 13.9 Å². The van der Waals surface area contributed by atoms with Gasteiger partial charge >= 0.3 is 6.18 Å². The van der Waals surface area contributed by atoms with Crippen molar-refractivity contribution in [3.63, 3.8) is 0 Å². The number of benzene rings is 2. The van der Waals surface area contributed by atoms with Crippen LogP contribution >= 0.6 is 0 Å². The molecule has 166 valence electrons. The van der Waals surface area contributed by atoms with Crippen molar-refractivity contribution in [2.24, 2.45) is 0 Å². The van der Waals surface area contributed by atoms with E-state index in [1.54, 1.807) is 18.2 Å². The van der Waals surface area contributed by atoms with E-state index in [-0.39, 0.29) is 28.9 Å². The minimum Gasteiger partial charge on any atom is -0.326 e. The highest BCUT2D eigenvalue weighted by atomic mass is 32.2. The molecule has 1 amide bonds. The van der Waals surface area contributed by atoms with Crippen LogP contribution in [0.4, 0.5) is 18.9 Å². The molecule has 0 aliphatic carbocycles. The summed E-state index contributed by atoms with van der Waals surface area (Å²) in [5.41, 5.74) is 1.46. The number of hydrogen-bond acceptors (Lipinski definition) is 4. The Bertz CT molecular complexity index is 1230. The number of amides is 1. The van der Waals surface area contributed by atoms with E-state index in [9.17, 15) is 26.4 Å². The van der Waals surface area contributed by atoms with Crippen LogP contribution in [0, 0.1) is 6.92 Å². The van der Waals surface area contributed by atoms with Crippen LogP contribution in [-0.2, 0) is 27.5 Å². The summed E-state index contributed by atoms with van der Waals surface area (Å²) in [6.45, 7) is 1.58. The fraction of sp³-hybridized carbons (Fsp3) is 0.300. The number of alkyl halides is 3. The molecule has 0 saturated carbocycles. The third-order valence-electron chi connectivity index (χ3n) is 4.62. The molecule has 0 atom stereocenters. The van der Waals surface area contributed by atoms with Gasteiger partial charge in [0.25, 0.3) is 0 Å². The number of nitrogens with zero attached hydrogens (tertiary/aromatic N) is 3. The zero-order valence-corrected chi connectivity index (χ0v) is 17.9. The summed E-state index contributed by atoms with van der Waals surface area (Å²) < 4.78 is 67.1. The number of hydrogen-bond donors (Lipinski definition) is 1. The van der Waals surface area contributed by atoms with Gasteiger partial charge in [-0.15, -0.1) is 0 Å². The summed E-state index contributed by atoms with van der Waals surface area (Å²) in [5, 5.41) is 2.65. The van der Waals surface area contributed by atoms with Gasteiger partial charge in [-0.25, -0.2) is 17.7 Å². The number of sulfonamides is 1. The van der Waals surface area contributed by atoms with Gasteiger partial charge in [-0.3, -0.25) is 4.79 Å². The molecule has 1 aromatic heterocycles. The van der Waals surface area contributed by atoms with Crippen LogP contribution in [-0.4, -0.2) is 42.3 Å². The number of fused-ring (bicyclic) bond motifs is 1. The topological polar surface area (TPSA) is 84.3 Å². The SMILES string of the molecule is Cc1cccc(NC(=O)CCn2c(C(F)(F)F)nc3cc(S(=O)(=O)N(C)C)ccc32)c1. The minimum absolute atomic E-state index is 0.0911. The summed E-state index contributed by atoms with van der Waals surface area (Å²) in [7, 11) is -1.18. The van der Waals surface area contributed by atoms with Crippen molar-refractivity contribution < 1.29 is 26.4 Å². The number of carbonyl (C=O) groups is 1. The first-order chi connectivity index (χ1) is 14.4. The van der Waals surface area contributed by atoms with E-state index in [1.165, 1.54) is 26.2 Å². The molecular weight excluding hydrogens is 433 g/mol. The van der Waals surface area contributed by atoms with Gasteiger partial charge in [0.1, 0.15) is 0 Å². The Balaban J connectivity index is 1.92. The highest BCUT2D eigenvalue weighted by molar-refractivity contribution is 7.89. The van der Waals surface area contributed by atoms with Crippen molar-refractivity contribution in [2.45, 2.75) is 31.0 Å². The molecule has 3 rings (SSSR count). The maximum atomic E-state index is 13.6. The first-order valence-electron chi connectivity index (χ1n) is 9.26. The standard InChI is InChI=1S/C20H21F3N4O3S/c1-13-5-4-6-14(11-13)24-18(28)9-10-27-17-8-7-15(31(29,30)26(2)3)12-16(17)25-19(27)20(21,22)23/h4-8,11-12H,9-10H2,1-3H3,(H,24,28). The molecule has 0 fully saturated rings. The minimum atomic E-state index is -4.77. The summed E-state index contributed by atoms with van der Waals surface area (Å²) in [6.07, 6.45) is -4.99. The number of nitrogens with one attached hydrogen (secondary N) is 1.